The van der Waals surface area contributed by atoms with Gasteiger partial charge in [-0.25, -0.2) is 4.79 Å². The molecule has 5 heteroatoms. The Labute approximate surface area is 82.9 Å². The maximum atomic E-state index is 11.0. The highest BCUT2D eigenvalue weighted by Gasteiger charge is 2.11. The Kier molecular flexibility index (Phi) is 6.78. The fourth-order valence-electron chi connectivity index (χ4n) is 0.589. The Morgan fingerprint density at radius 1 is 1.50 bits per heavy atom. The van der Waals surface area contributed by atoms with Gasteiger partial charge in [-0.2, -0.15) is 0 Å². The van der Waals surface area contributed by atoms with Crippen LogP contribution >= 0.6 is 0 Å². The molecule has 0 spiro atoms. The maximum absolute atomic E-state index is 11.0. The summed E-state index contributed by atoms with van der Waals surface area (Å²) in [6, 6.07) is 0. The van der Waals surface area contributed by atoms with E-state index < -0.39 is 18.7 Å². The summed E-state index contributed by atoms with van der Waals surface area (Å²) in [7, 11) is 0. The fraction of sp³-hybridized carbons (Fsp3) is 0.667. The zero-order chi connectivity index (χ0) is 11.0. The van der Waals surface area contributed by atoms with Crippen LogP contribution in [0.25, 0.3) is 0 Å². The van der Waals surface area contributed by atoms with Gasteiger partial charge in [0.2, 0.25) is 0 Å². The number of aliphatic hydroxyl groups is 2. The van der Waals surface area contributed by atoms with Crippen LogP contribution in [0.4, 0.5) is 0 Å². The molecule has 0 aromatic heterocycles. The smallest absolute Gasteiger partial charge is 0.373 e. The molecule has 0 aromatic rings. The van der Waals surface area contributed by atoms with Crippen molar-refractivity contribution in [3.63, 3.8) is 0 Å². The van der Waals surface area contributed by atoms with E-state index in [4.69, 9.17) is 14.9 Å². The Balaban J connectivity index is 3.67. The minimum Gasteiger partial charge on any atom is -0.487 e. The van der Waals surface area contributed by atoms with Crippen LogP contribution in [0.15, 0.2) is 12.3 Å². The molecule has 1 unspecified atom stereocenters. The molecule has 0 saturated heterocycles. The summed E-state index contributed by atoms with van der Waals surface area (Å²) in [5.74, 6) is -0.803. The largest absolute Gasteiger partial charge is 0.487 e. The topological polar surface area (TPSA) is 76.0 Å². The van der Waals surface area contributed by atoms with Gasteiger partial charge in [-0.1, -0.05) is 6.92 Å². The van der Waals surface area contributed by atoms with Gasteiger partial charge in [-0.15, -0.1) is 0 Å². The zero-order valence-corrected chi connectivity index (χ0v) is 8.23. The molecule has 0 aliphatic rings. The summed E-state index contributed by atoms with van der Waals surface area (Å²) >= 11 is 0. The molecule has 0 radical (unpaired) electrons. The molecule has 0 saturated carbocycles. The highest BCUT2D eigenvalue weighted by atomic mass is 16.6. The van der Waals surface area contributed by atoms with Gasteiger partial charge >= 0.3 is 5.97 Å². The second kappa shape index (κ2) is 7.34. The van der Waals surface area contributed by atoms with E-state index in [2.05, 4.69) is 11.3 Å². The van der Waals surface area contributed by atoms with Crippen LogP contribution < -0.4 is 0 Å². The van der Waals surface area contributed by atoms with Crippen LogP contribution in [-0.4, -0.2) is 42.1 Å². The average Bonchev–Trinajstić information content (AvgIpc) is 2.21. The molecule has 1 atom stereocenters. The van der Waals surface area contributed by atoms with E-state index in [1.165, 1.54) is 0 Å². The molecule has 0 bridgehead atoms. The third-order valence-corrected chi connectivity index (χ3v) is 1.33. The maximum Gasteiger partial charge on any atom is 0.373 e. The number of ether oxygens (including phenoxy) is 2. The Morgan fingerprint density at radius 3 is 2.64 bits per heavy atom. The molecule has 2 N–H and O–H groups in total. The van der Waals surface area contributed by atoms with E-state index in [0.29, 0.717) is 6.61 Å². The first-order valence-corrected chi connectivity index (χ1v) is 4.39. The number of carbonyl (C=O) groups excluding carboxylic acids is 1. The average molecular weight is 204 g/mol. The van der Waals surface area contributed by atoms with E-state index in [1.807, 2.05) is 6.92 Å². The molecule has 0 aromatic carbocycles. The second-order valence-electron chi connectivity index (χ2n) is 2.71. The number of rotatable bonds is 7. The molecule has 0 rings (SSSR count). The van der Waals surface area contributed by atoms with Gasteiger partial charge in [-0.05, 0) is 13.0 Å². The minimum absolute atomic E-state index is 0.0861. The SMILES string of the molecule is C=C(OCCC)C(=O)OCC(O)CO. The predicted molar refractivity (Wildman–Crippen MR) is 49.4 cm³/mol. The first-order chi connectivity index (χ1) is 6.61. The summed E-state index contributed by atoms with van der Waals surface area (Å²) in [5, 5.41) is 17.3. The molecule has 82 valence electrons. The van der Waals surface area contributed by atoms with Crippen LogP contribution in [0.1, 0.15) is 13.3 Å². The number of carbonyl (C=O) groups is 1. The first-order valence-electron chi connectivity index (χ1n) is 4.39. The molecule has 0 aliphatic heterocycles. The molecular formula is C9H16O5. The number of aliphatic hydroxyl groups excluding tert-OH is 2. The van der Waals surface area contributed by atoms with Crippen molar-refractivity contribution >= 4 is 5.97 Å². The van der Waals surface area contributed by atoms with Crippen LogP contribution in [0, 0.1) is 0 Å². The van der Waals surface area contributed by atoms with Gasteiger partial charge in [0.25, 0.3) is 0 Å². The van der Waals surface area contributed by atoms with Crippen molar-refractivity contribution in [2.24, 2.45) is 0 Å². The summed E-state index contributed by atoms with van der Waals surface area (Å²) < 4.78 is 9.49. The zero-order valence-electron chi connectivity index (χ0n) is 8.23. The monoisotopic (exact) mass is 204 g/mol. The Morgan fingerprint density at radius 2 is 2.14 bits per heavy atom. The summed E-state index contributed by atoms with van der Waals surface area (Å²) in [6.45, 7) is 4.94. The van der Waals surface area contributed by atoms with Gasteiger partial charge in [-0.3, -0.25) is 0 Å². The van der Waals surface area contributed by atoms with E-state index in [9.17, 15) is 4.79 Å². The number of esters is 1. The van der Waals surface area contributed by atoms with E-state index in [0.717, 1.165) is 6.42 Å². The van der Waals surface area contributed by atoms with Crippen molar-refractivity contribution in [3.05, 3.63) is 12.3 Å². The van der Waals surface area contributed by atoms with Gasteiger partial charge < -0.3 is 19.7 Å². The lowest BCUT2D eigenvalue weighted by molar-refractivity contribution is -0.146. The van der Waals surface area contributed by atoms with Crippen molar-refractivity contribution in [1.29, 1.82) is 0 Å². The Hall–Kier alpha value is -1.07. The molecule has 0 fully saturated rings. The van der Waals surface area contributed by atoms with Crippen LogP contribution in [0.2, 0.25) is 0 Å². The van der Waals surface area contributed by atoms with Crippen LogP contribution in [0.3, 0.4) is 0 Å². The molecule has 0 heterocycles. The third kappa shape index (κ3) is 5.55. The summed E-state index contributed by atoms with van der Waals surface area (Å²) in [4.78, 5) is 11.0. The molecule has 0 amide bonds. The van der Waals surface area contributed by atoms with Crippen molar-refractivity contribution in [2.75, 3.05) is 19.8 Å². The standard InChI is InChI=1S/C9H16O5/c1-3-4-13-7(2)9(12)14-6-8(11)5-10/h8,10-11H,2-6H2,1H3. The lowest BCUT2D eigenvalue weighted by atomic mass is 10.4. The van der Waals surface area contributed by atoms with Gasteiger partial charge in [0.15, 0.2) is 5.76 Å². The molecular weight excluding hydrogens is 188 g/mol. The van der Waals surface area contributed by atoms with Crippen molar-refractivity contribution in [1.82, 2.24) is 0 Å². The highest BCUT2D eigenvalue weighted by molar-refractivity contribution is 5.85. The van der Waals surface area contributed by atoms with E-state index in [-0.39, 0.29) is 12.4 Å². The van der Waals surface area contributed by atoms with Gasteiger partial charge in [0, 0.05) is 0 Å². The third-order valence-electron chi connectivity index (χ3n) is 1.33. The van der Waals surface area contributed by atoms with Crippen molar-refractivity contribution in [3.8, 4) is 0 Å². The second-order valence-corrected chi connectivity index (χ2v) is 2.71. The lowest BCUT2D eigenvalue weighted by Gasteiger charge is -2.10. The normalized spacial score (nSPS) is 11.9. The number of hydrogen-bond donors (Lipinski definition) is 2. The van der Waals surface area contributed by atoms with Crippen molar-refractivity contribution < 1.29 is 24.5 Å². The Bertz CT molecular complexity index is 190. The molecule has 0 aliphatic carbocycles. The summed E-state index contributed by atoms with van der Waals surface area (Å²) in [5.41, 5.74) is 0. The van der Waals surface area contributed by atoms with Crippen LogP contribution in [0.5, 0.6) is 0 Å². The molecule has 14 heavy (non-hydrogen) atoms. The predicted octanol–water partition coefficient (Wildman–Crippen LogP) is -0.177. The quantitative estimate of drug-likeness (QED) is 0.342. The van der Waals surface area contributed by atoms with Crippen molar-refractivity contribution in [2.45, 2.75) is 19.4 Å². The number of hydrogen-bond acceptors (Lipinski definition) is 5. The van der Waals surface area contributed by atoms with E-state index in [1.54, 1.807) is 0 Å². The molecule has 5 nitrogen and oxygen atoms in total. The van der Waals surface area contributed by atoms with Crippen LogP contribution in [-0.2, 0) is 14.3 Å². The van der Waals surface area contributed by atoms with E-state index >= 15 is 0 Å². The highest BCUT2D eigenvalue weighted by Crippen LogP contribution is 1.99. The van der Waals surface area contributed by atoms with Gasteiger partial charge in [0.1, 0.15) is 12.7 Å². The fourth-order valence-corrected chi connectivity index (χ4v) is 0.589. The lowest BCUT2D eigenvalue weighted by Crippen LogP contribution is -2.23. The first kappa shape index (κ1) is 12.9. The summed E-state index contributed by atoms with van der Waals surface area (Å²) in [6.07, 6.45) is -0.288. The minimum atomic E-state index is -1.06. The van der Waals surface area contributed by atoms with Gasteiger partial charge in [0.05, 0.1) is 13.2 Å².